The van der Waals surface area contributed by atoms with Crippen molar-refractivity contribution in [2.45, 2.75) is 30.6 Å². The number of nitrogens with one attached hydrogen (secondary N) is 4. The highest BCUT2D eigenvalue weighted by atomic mass is 32.2. The van der Waals surface area contributed by atoms with E-state index in [1.165, 1.54) is 30.3 Å². The Labute approximate surface area is 199 Å². The van der Waals surface area contributed by atoms with Crippen LogP contribution in [-0.2, 0) is 20.0 Å². The molecule has 0 fully saturated rings. The monoisotopic (exact) mass is 502 g/mol. The molecule has 0 aliphatic carbocycles. The number of carbonyl (C=O) groups is 1. The van der Waals surface area contributed by atoms with Gasteiger partial charge in [-0.3, -0.25) is 9.44 Å². The van der Waals surface area contributed by atoms with Crippen LogP contribution in [0.2, 0.25) is 0 Å². The second-order valence-corrected chi connectivity index (χ2v) is 10.8. The molecule has 3 aromatic rings. The Bertz CT molecular complexity index is 1420. The summed E-state index contributed by atoms with van der Waals surface area (Å²) in [6.45, 7) is 5.47. The summed E-state index contributed by atoms with van der Waals surface area (Å²) in [5, 5.41) is 5.16. The topological polar surface area (TPSA) is 133 Å². The Morgan fingerprint density at radius 2 is 1.24 bits per heavy atom. The van der Waals surface area contributed by atoms with Gasteiger partial charge in [0.2, 0.25) is 0 Å². The molecule has 0 aliphatic rings. The molecular formula is C23H26N4O5S2. The maximum atomic E-state index is 13.1. The van der Waals surface area contributed by atoms with E-state index in [4.69, 9.17) is 0 Å². The molecule has 0 atom stereocenters. The van der Waals surface area contributed by atoms with E-state index in [1.54, 1.807) is 57.2 Å². The Balaban J connectivity index is 2.04. The van der Waals surface area contributed by atoms with E-state index >= 15 is 0 Å². The van der Waals surface area contributed by atoms with E-state index in [2.05, 4.69) is 20.1 Å². The molecule has 3 aromatic carbocycles. The molecule has 9 nitrogen and oxygen atoms in total. The Kier molecular flexibility index (Phi) is 7.48. The summed E-state index contributed by atoms with van der Waals surface area (Å²) < 4.78 is 57.2. The van der Waals surface area contributed by atoms with Gasteiger partial charge < -0.3 is 10.6 Å². The average Bonchev–Trinajstić information content (AvgIpc) is 2.76. The molecule has 0 aromatic heterocycles. The first kappa shape index (κ1) is 25.1. The van der Waals surface area contributed by atoms with Gasteiger partial charge in [-0.05, 0) is 62.2 Å². The van der Waals surface area contributed by atoms with Gasteiger partial charge in [0.05, 0.1) is 21.2 Å². The molecule has 4 N–H and O–H groups in total. The van der Waals surface area contributed by atoms with Crippen molar-refractivity contribution >= 4 is 43.1 Å². The van der Waals surface area contributed by atoms with E-state index in [-0.39, 0.29) is 26.9 Å². The molecule has 3 rings (SSSR count). The van der Waals surface area contributed by atoms with Crippen molar-refractivity contribution in [2.75, 3.05) is 21.3 Å². The van der Waals surface area contributed by atoms with Gasteiger partial charge in [-0.25, -0.2) is 21.6 Å². The van der Waals surface area contributed by atoms with Crippen LogP contribution in [0, 0.1) is 13.8 Å². The lowest BCUT2D eigenvalue weighted by Gasteiger charge is -2.17. The molecular weight excluding hydrogens is 476 g/mol. The lowest BCUT2D eigenvalue weighted by atomic mass is 10.2. The quantitative estimate of drug-likeness (QED) is 0.369. The summed E-state index contributed by atoms with van der Waals surface area (Å²) >= 11 is 0. The van der Waals surface area contributed by atoms with Crippen LogP contribution in [0.3, 0.4) is 0 Å². The summed E-state index contributed by atoms with van der Waals surface area (Å²) in [5.74, 6) is 0. The summed E-state index contributed by atoms with van der Waals surface area (Å²) in [5.41, 5.74) is 1.28. The number of benzene rings is 3. The van der Waals surface area contributed by atoms with Gasteiger partial charge >= 0.3 is 6.03 Å². The highest BCUT2D eigenvalue weighted by molar-refractivity contribution is 7.93. The zero-order chi connectivity index (χ0) is 24.9. The number of sulfonamides is 2. The normalized spacial score (nSPS) is 11.5. The summed E-state index contributed by atoms with van der Waals surface area (Å²) in [6.07, 6.45) is 0. The maximum absolute atomic E-state index is 13.1. The van der Waals surface area contributed by atoms with Crippen LogP contribution in [0.5, 0.6) is 0 Å². The maximum Gasteiger partial charge on any atom is 0.319 e. The van der Waals surface area contributed by atoms with Gasteiger partial charge in [-0.15, -0.1) is 0 Å². The number of urea groups is 1. The molecule has 0 unspecified atom stereocenters. The van der Waals surface area contributed by atoms with E-state index in [9.17, 15) is 21.6 Å². The lowest BCUT2D eigenvalue weighted by molar-refractivity contribution is 0.252. The van der Waals surface area contributed by atoms with E-state index in [1.807, 2.05) is 0 Å². The van der Waals surface area contributed by atoms with Crippen molar-refractivity contribution in [3.05, 3.63) is 77.9 Å². The minimum atomic E-state index is -4.06. The van der Waals surface area contributed by atoms with Gasteiger partial charge in [0.25, 0.3) is 20.0 Å². The number of rotatable bonds is 8. The van der Waals surface area contributed by atoms with Crippen molar-refractivity contribution in [2.24, 2.45) is 0 Å². The van der Waals surface area contributed by atoms with Gasteiger partial charge in [0, 0.05) is 12.2 Å². The van der Waals surface area contributed by atoms with Gasteiger partial charge in [-0.1, -0.05) is 36.4 Å². The van der Waals surface area contributed by atoms with Gasteiger partial charge in [-0.2, -0.15) is 0 Å². The zero-order valence-electron chi connectivity index (χ0n) is 18.9. The van der Waals surface area contributed by atoms with Gasteiger partial charge in [0.15, 0.2) is 0 Å². The van der Waals surface area contributed by atoms with Crippen molar-refractivity contribution < 1.29 is 21.6 Å². The summed E-state index contributed by atoms with van der Waals surface area (Å²) in [7, 11) is -8.09. The first-order chi connectivity index (χ1) is 16.0. The second-order valence-electron chi connectivity index (χ2n) is 7.49. The predicted molar refractivity (Wildman–Crippen MR) is 133 cm³/mol. The first-order valence-electron chi connectivity index (χ1n) is 10.4. The first-order valence-corrected chi connectivity index (χ1v) is 13.4. The highest BCUT2D eigenvalue weighted by Gasteiger charge is 2.22. The molecule has 0 aliphatic heterocycles. The van der Waals surface area contributed by atoms with Crippen molar-refractivity contribution in [1.82, 2.24) is 5.32 Å². The molecule has 0 heterocycles. The summed E-state index contributed by atoms with van der Waals surface area (Å²) in [4.78, 5) is 12.0. The third-order valence-corrected chi connectivity index (χ3v) is 7.92. The highest BCUT2D eigenvalue weighted by Crippen LogP contribution is 2.31. The minimum absolute atomic E-state index is 0.00172. The smallest absolute Gasteiger partial charge is 0.319 e. The molecule has 34 heavy (non-hydrogen) atoms. The third kappa shape index (κ3) is 5.86. The number of hydrogen-bond acceptors (Lipinski definition) is 5. The Hall–Kier alpha value is -3.57. The van der Waals surface area contributed by atoms with Crippen LogP contribution < -0.4 is 20.1 Å². The van der Waals surface area contributed by atoms with Gasteiger partial charge in [0.1, 0.15) is 0 Å². The molecule has 0 bridgehead atoms. The fourth-order valence-corrected chi connectivity index (χ4v) is 5.89. The van der Waals surface area contributed by atoms with Crippen LogP contribution in [0.25, 0.3) is 0 Å². The second kappa shape index (κ2) is 10.1. The Morgan fingerprint density at radius 3 is 1.74 bits per heavy atom. The van der Waals surface area contributed by atoms with E-state index < -0.39 is 26.1 Å². The molecule has 0 saturated heterocycles. The van der Waals surface area contributed by atoms with Crippen molar-refractivity contribution in [3.8, 4) is 0 Å². The molecule has 0 saturated carbocycles. The largest absolute Gasteiger partial charge is 0.338 e. The lowest BCUT2D eigenvalue weighted by Crippen LogP contribution is -2.28. The van der Waals surface area contributed by atoms with E-state index in [0.29, 0.717) is 17.7 Å². The predicted octanol–water partition coefficient (Wildman–Crippen LogP) is 4.05. The standard InChI is InChI=1S/C23H26N4O5S2/c1-4-24-23(28)25-18-13-14-19(26-33(29,30)21-11-7-5-9-16(21)2)20(15-18)27-34(31,32)22-12-8-6-10-17(22)3/h5-15,26-27H,4H2,1-3H3,(H2,24,25,28). The van der Waals surface area contributed by atoms with Crippen LogP contribution in [0.1, 0.15) is 18.1 Å². The molecule has 0 radical (unpaired) electrons. The van der Waals surface area contributed by atoms with Crippen molar-refractivity contribution in [1.29, 1.82) is 0 Å². The molecule has 0 spiro atoms. The van der Waals surface area contributed by atoms with Crippen molar-refractivity contribution in [3.63, 3.8) is 0 Å². The number of anilines is 3. The zero-order valence-corrected chi connectivity index (χ0v) is 20.5. The van der Waals surface area contributed by atoms with Crippen LogP contribution in [0.15, 0.2) is 76.5 Å². The average molecular weight is 503 g/mol. The Morgan fingerprint density at radius 1 is 0.735 bits per heavy atom. The SMILES string of the molecule is CCNC(=O)Nc1ccc(NS(=O)(=O)c2ccccc2C)c(NS(=O)(=O)c2ccccc2C)c1. The fourth-order valence-electron chi connectivity index (χ4n) is 3.25. The number of amides is 2. The van der Waals surface area contributed by atoms with Crippen LogP contribution in [0.4, 0.5) is 21.9 Å². The fraction of sp³-hybridized carbons (Fsp3) is 0.174. The van der Waals surface area contributed by atoms with Crippen LogP contribution in [-0.4, -0.2) is 29.4 Å². The summed E-state index contributed by atoms with van der Waals surface area (Å²) in [6, 6.07) is 16.6. The number of carbonyl (C=O) groups excluding carboxylic acids is 1. The molecule has 11 heteroatoms. The van der Waals surface area contributed by atoms with Crippen LogP contribution >= 0.6 is 0 Å². The number of hydrogen-bond donors (Lipinski definition) is 4. The third-order valence-electron chi connectivity index (χ3n) is 4.87. The minimum Gasteiger partial charge on any atom is -0.338 e. The molecule has 180 valence electrons. The molecule has 2 amide bonds. The number of aryl methyl sites for hydroxylation is 2. The van der Waals surface area contributed by atoms with E-state index in [0.717, 1.165) is 0 Å².